The second kappa shape index (κ2) is 8.91. The number of ether oxygens (including phenoxy) is 2. The molecule has 0 spiro atoms. The molecule has 1 aliphatic heterocycles. The van der Waals surface area contributed by atoms with Crippen LogP contribution < -0.4 is 10.1 Å². The van der Waals surface area contributed by atoms with Crippen molar-refractivity contribution in [3.05, 3.63) is 29.8 Å². The fourth-order valence-electron chi connectivity index (χ4n) is 2.55. The third kappa shape index (κ3) is 4.85. The number of carbonyl (C=O) groups is 3. The Morgan fingerprint density at radius 3 is 2.36 bits per heavy atom. The summed E-state index contributed by atoms with van der Waals surface area (Å²) < 4.78 is 10.1. The maximum absolute atomic E-state index is 12.2. The number of amides is 3. The van der Waals surface area contributed by atoms with Crippen LogP contribution in [0.3, 0.4) is 0 Å². The highest BCUT2D eigenvalue weighted by Gasteiger charge is 2.28. The molecule has 2 rings (SSSR count). The molecule has 0 unspecified atom stereocenters. The van der Waals surface area contributed by atoms with Crippen molar-refractivity contribution < 1.29 is 23.9 Å². The number of carbonyl (C=O) groups excluding carboxylic acids is 3. The van der Waals surface area contributed by atoms with Crippen LogP contribution in [-0.2, 0) is 20.9 Å². The molecule has 1 heterocycles. The average Bonchev–Trinajstić information content (AvgIpc) is 2.66. The van der Waals surface area contributed by atoms with Crippen LogP contribution in [0.25, 0.3) is 0 Å². The maximum atomic E-state index is 12.2. The molecule has 8 heteroatoms. The monoisotopic (exact) mass is 349 g/mol. The Morgan fingerprint density at radius 1 is 1.08 bits per heavy atom. The van der Waals surface area contributed by atoms with Gasteiger partial charge in [-0.3, -0.25) is 9.59 Å². The standard InChI is InChI=1S/C17H23N3O5/c1-3-25-17(23)20-10-8-19(9-11-20)16(22)15(21)18-12-13-6-4-5-7-14(13)24-2/h4-7H,3,8-12H2,1-2H3,(H,18,21). The van der Waals surface area contributed by atoms with Gasteiger partial charge in [-0.2, -0.15) is 0 Å². The number of hydrogen-bond acceptors (Lipinski definition) is 5. The lowest BCUT2D eigenvalue weighted by atomic mass is 10.2. The Labute approximate surface area is 146 Å². The van der Waals surface area contributed by atoms with Crippen molar-refractivity contribution in [2.24, 2.45) is 0 Å². The first-order valence-electron chi connectivity index (χ1n) is 8.17. The molecule has 1 N–H and O–H groups in total. The van der Waals surface area contributed by atoms with Gasteiger partial charge in [0.1, 0.15) is 5.75 Å². The lowest BCUT2D eigenvalue weighted by Crippen LogP contribution is -2.53. The highest BCUT2D eigenvalue weighted by atomic mass is 16.6. The van der Waals surface area contributed by atoms with Gasteiger partial charge in [-0.15, -0.1) is 0 Å². The predicted octanol–water partition coefficient (Wildman–Crippen LogP) is 0.612. The minimum absolute atomic E-state index is 0.206. The van der Waals surface area contributed by atoms with Crippen molar-refractivity contribution in [2.45, 2.75) is 13.5 Å². The van der Waals surface area contributed by atoms with Crippen LogP contribution >= 0.6 is 0 Å². The molecule has 1 aromatic carbocycles. The van der Waals surface area contributed by atoms with E-state index in [9.17, 15) is 14.4 Å². The molecule has 25 heavy (non-hydrogen) atoms. The highest BCUT2D eigenvalue weighted by molar-refractivity contribution is 6.35. The average molecular weight is 349 g/mol. The zero-order valence-corrected chi connectivity index (χ0v) is 14.5. The molecule has 8 nitrogen and oxygen atoms in total. The van der Waals surface area contributed by atoms with E-state index >= 15 is 0 Å². The minimum atomic E-state index is -0.671. The number of benzene rings is 1. The quantitative estimate of drug-likeness (QED) is 0.805. The van der Waals surface area contributed by atoms with E-state index in [1.54, 1.807) is 20.1 Å². The van der Waals surface area contributed by atoms with Gasteiger partial charge >= 0.3 is 17.9 Å². The summed E-state index contributed by atoms with van der Waals surface area (Å²) in [5.74, 6) is -0.618. The van der Waals surface area contributed by atoms with Gasteiger partial charge in [0.25, 0.3) is 0 Å². The Bertz CT molecular complexity index is 626. The molecule has 0 atom stereocenters. The number of nitrogens with zero attached hydrogens (tertiary/aromatic N) is 2. The molecule has 0 radical (unpaired) electrons. The number of rotatable bonds is 4. The number of para-hydroxylation sites is 1. The van der Waals surface area contributed by atoms with Gasteiger partial charge in [-0.05, 0) is 13.0 Å². The van der Waals surface area contributed by atoms with E-state index in [0.717, 1.165) is 5.56 Å². The zero-order chi connectivity index (χ0) is 18.2. The van der Waals surface area contributed by atoms with Gasteiger partial charge < -0.3 is 24.6 Å². The van der Waals surface area contributed by atoms with Crippen LogP contribution in [0.5, 0.6) is 5.75 Å². The molecular weight excluding hydrogens is 326 g/mol. The second-order valence-electron chi connectivity index (χ2n) is 5.47. The fourth-order valence-corrected chi connectivity index (χ4v) is 2.55. The second-order valence-corrected chi connectivity index (χ2v) is 5.47. The Balaban J connectivity index is 1.83. The van der Waals surface area contributed by atoms with Crippen molar-refractivity contribution >= 4 is 17.9 Å². The summed E-state index contributed by atoms with van der Waals surface area (Å²) in [4.78, 5) is 38.9. The summed E-state index contributed by atoms with van der Waals surface area (Å²) in [6.45, 7) is 3.57. The van der Waals surface area contributed by atoms with Crippen LogP contribution in [0, 0.1) is 0 Å². The SMILES string of the molecule is CCOC(=O)N1CCN(C(=O)C(=O)NCc2ccccc2OC)CC1. The maximum Gasteiger partial charge on any atom is 0.409 e. The van der Waals surface area contributed by atoms with Crippen LogP contribution in [0.2, 0.25) is 0 Å². The third-order valence-electron chi connectivity index (χ3n) is 3.92. The van der Waals surface area contributed by atoms with E-state index in [2.05, 4.69) is 5.32 Å². The van der Waals surface area contributed by atoms with Crippen molar-refractivity contribution in [3.8, 4) is 5.75 Å². The smallest absolute Gasteiger partial charge is 0.409 e. The van der Waals surface area contributed by atoms with Gasteiger partial charge in [-0.1, -0.05) is 18.2 Å². The Hall–Kier alpha value is -2.77. The number of hydrogen-bond donors (Lipinski definition) is 1. The minimum Gasteiger partial charge on any atom is -0.496 e. The summed E-state index contributed by atoms with van der Waals surface area (Å²) in [6, 6.07) is 7.28. The van der Waals surface area contributed by atoms with Gasteiger partial charge in [0, 0.05) is 38.3 Å². The number of piperazine rings is 1. The van der Waals surface area contributed by atoms with Gasteiger partial charge in [0.2, 0.25) is 0 Å². The number of methoxy groups -OCH3 is 1. The fraction of sp³-hybridized carbons (Fsp3) is 0.471. The van der Waals surface area contributed by atoms with E-state index in [-0.39, 0.29) is 6.54 Å². The largest absolute Gasteiger partial charge is 0.496 e. The van der Waals surface area contributed by atoms with E-state index in [4.69, 9.17) is 9.47 Å². The summed E-state index contributed by atoms with van der Waals surface area (Å²) in [5, 5.41) is 2.61. The van der Waals surface area contributed by atoms with Crippen molar-refractivity contribution in [2.75, 3.05) is 39.9 Å². The molecule has 1 aliphatic rings. The topological polar surface area (TPSA) is 88.2 Å². The highest BCUT2D eigenvalue weighted by Crippen LogP contribution is 2.16. The van der Waals surface area contributed by atoms with Gasteiger partial charge in [0.05, 0.1) is 13.7 Å². The molecular formula is C17H23N3O5. The number of nitrogens with one attached hydrogen (secondary N) is 1. The Morgan fingerprint density at radius 2 is 1.72 bits per heavy atom. The molecule has 3 amide bonds. The lowest BCUT2D eigenvalue weighted by Gasteiger charge is -2.33. The first-order valence-corrected chi connectivity index (χ1v) is 8.17. The van der Waals surface area contributed by atoms with Crippen molar-refractivity contribution in [1.29, 1.82) is 0 Å². The molecule has 136 valence electrons. The molecule has 1 saturated heterocycles. The van der Waals surface area contributed by atoms with Gasteiger partial charge in [0.15, 0.2) is 0 Å². The van der Waals surface area contributed by atoms with Crippen molar-refractivity contribution in [3.63, 3.8) is 0 Å². The van der Waals surface area contributed by atoms with Crippen LogP contribution in [0.1, 0.15) is 12.5 Å². The molecule has 0 bridgehead atoms. The van der Waals surface area contributed by atoms with Gasteiger partial charge in [-0.25, -0.2) is 4.79 Å². The lowest BCUT2D eigenvalue weighted by molar-refractivity contribution is -0.146. The molecule has 0 saturated carbocycles. The summed E-state index contributed by atoms with van der Waals surface area (Å²) in [5.41, 5.74) is 0.790. The van der Waals surface area contributed by atoms with Crippen LogP contribution in [0.4, 0.5) is 4.79 Å². The molecule has 0 aromatic heterocycles. The molecule has 1 fully saturated rings. The van der Waals surface area contributed by atoms with Crippen LogP contribution in [-0.4, -0.2) is 67.6 Å². The van der Waals surface area contributed by atoms with E-state index < -0.39 is 17.9 Å². The normalized spacial score (nSPS) is 14.0. The first-order chi connectivity index (χ1) is 12.1. The van der Waals surface area contributed by atoms with E-state index in [0.29, 0.717) is 38.5 Å². The van der Waals surface area contributed by atoms with Crippen LogP contribution in [0.15, 0.2) is 24.3 Å². The van der Waals surface area contributed by atoms with Crippen molar-refractivity contribution in [1.82, 2.24) is 15.1 Å². The van der Waals surface area contributed by atoms with E-state index in [1.807, 2.05) is 18.2 Å². The predicted molar refractivity (Wildman–Crippen MR) is 90.0 cm³/mol. The summed E-state index contributed by atoms with van der Waals surface area (Å²) >= 11 is 0. The summed E-state index contributed by atoms with van der Waals surface area (Å²) in [7, 11) is 1.55. The van der Waals surface area contributed by atoms with E-state index in [1.165, 1.54) is 9.80 Å². The Kier molecular flexibility index (Phi) is 6.62. The zero-order valence-electron chi connectivity index (χ0n) is 14.5. The molecule has 0 aliphatic carbocycles. The molecule has 1 aromatic rings. The summed E-state index contributed by atoms with van der Waals surface area (Å²) in [6.07, 6.45) is -0.393. The third-order valence-corrected chi connectivity index (χ3v) is 3.92. The first kappa shape index (κ1) is 18.6.